The molecular weight excluding hydrogens is 661 g/mol. The van der Waals surface area contributed by atoms with E-state index in [-0.39, 0.29) is 25.6 Å². The minimum absolute atomic E-state index is 0.0993. The summed E-state index contributed by atoms with van der Waals surface area (Å²) >= 11 is 0. The number of esters is 2. The van der Waals surface area contributed by atoms with E-state index in [0.29, 0.717) is 25.0 Å². The number of aliphatic hydroxyl groups excluding tert-OH is 1. The third-order valence-corrected chi connectivity index (χ3v) is 9.67. The Bertz CT molecular complexity index is 1010. The molecule has 6 nitrogen and oxygen atoms in total. The molecule has 1 N–H and O–H groups in total. The second kappa shape index (κ2) is 36.5. The van der Waals surface area contributed by atoms with Gasteiger partial charge in [-0.2, -0.15) is 0 Å². The Morgan fingerprint density at radius 2 is 1.04 bits per heavy atom. The van der Waals surface area contributed by atoms with Gasteiger partial charge in [0.25, 0.3) is 0 Å². The molecule has 3 atom stereocenters. The Kier molecular flexibility index (Phi) is 33.5. The number of allylic oxidation sites excluding steroid dienone is 8. The van der Waals surface area contributed by atoms with Crippen LogP contribution >= 0.6 is 0 Å². The molecule has 1 aliphatic heterocycles. The molecule has 0 radical (unpaired) electrons. The van der Waals surface area contributed by atoms with E-state index in [9.17, 15) is 14.7 Å². The van der Waals surface area contributed by atoms with E-state index in [1.807, 2.05) is 12.2 Å². The molecule has 1 saturated heterocycles. The molecule has 0 aliphatic carbocycles. The van der Waals surface area contributed by atoms with Crippen molar-refractivity contribution in [2.45, 2.75) is 206 Å². The smallest absolute Gasteiger partial charge is 0.306 e. The number of hydrogen-bond acceptors (Lipinski definition) is 6. The summed E-state index contributed by atoms with van der Waals surface area (Å²) < 4.78 is 16.3. The fraction of sp³-hybridized carbons (Fsp3) is 0.745. The highest BCUT2D eigenvalue weighted by Crippen LogP contribution is 2.29. The second-order valence-electron chi connectivity index (χ2n) is 15.3. The van der Waals surface area contributed by atoms with Crippen LogP contribution < -0.4 is 0 Å². The van der Waals surface area contributed by atoms with Crippen molar-refractivity contribution in [3.63, 3.8) is 0 Å². The fourth-order valence-corrected chi connectivity index (χ4v) is 6.28. The van der Waals surface area contributed by atoms with Crippen LogP contribution in [-0.4, -0.2) is 48.6 Å². The molecule has 1 rings (SSSR count). The molecule has 0 aromatic rings. The van der Waals surface area contributed by atoms with E-state index in [2.05, 4.69) is 69.4 Å². The number of epoxide rings is 1. The topological polar surface area (TPSA) is 85.4 Å². The van der Waals surface area contributed by atoms with Crippen molar-refractivity contribution in [2.24, 2.45) is 5.92 Å². The van der Waals surface area contributed by atoms with Gasteiger partial charge in [0.1, 0.15) is 6.61 Å². The summed E-state index contributed by atoms with van der Waals surface area (Å²) in [5.41, 5.74) is 0. The first-order chi connectivity index (χ1) is 26.0. The van der Waals surface area contributed by atoms with Crippen molar-refractivity contribution < 1.29 is 28.9 Å². The van der Waals surface area contributed by atoms with Crippen LogP contribution in [0.25, 0.3) is 0 Å². The van der Waals surface area contributed by atoms with Crippen molar-refractivity contribution >= 4 is 11.9 Å². The number of unbranched alkanes of at least 4 members (excludes halogenated alkanes) is 15. The summed E-state index contributed by atoms with van der Waals surface area (Å²) in [6.45, 7) is 6.32. The molecule has 0 amide bonds. The van der Waals surface area contributed by atoms with Crippen molar-refractivity contribution in [1.82, 2.24) is 0 Å². The van der Waals surface area contributed by atoms with Gasteiger partial charge in [0.2, 0.25) is 0 Å². The Hall–Kier alpha value is -2.44. The molecule has 2 unspecified atom stereocenters. The lowest BCUT2D eigenvalue weighted by Crippen LogP contribution is -2.28. The maximum atomic E-state index is 12.2. The van der Waals surface area contributed by atoms with Gasteiger partial charge in [0.05, 0.1) is 18.8 Å². The summed E-state index contributed by atoms with van der Waals surface area (Å²) in [7, 11) is 0. The van der Waals surface area contributed by atoms with Gasteiger partial charge in [0, 0.05) is 12.8 Å². The third kappa shape index (κ3) is 33.8. The Balaban J connectivity index is 1.90. The van der Waals surface area contributed by atoms with Gasteiger partial charge >= 0.3 is 11.9 Å². The third-order valence-electron chi connectivity index (χ3n) is 9.67. The van der Waals surface area contributed by atoms with Gasteiger partial charge in [-0.1, -0.05) is 184 Å². The molecule has 1 fully saturated rings. The molecule has 0 spiro atoms. The highest BCUT2D eigenvalue weighted by molar-refractivity contribution is 5.70. The summed E-state index contributed by atoms with van der Waals surface area (Å²) in [4.78, 5) is 24.3. The maximum absolute atomic E-state index is 12.2. The molecule has 0 aromatic heterocycles. The van der Waals surface area contributed by atoms with E-state index < -0.39 is 12.1 Å². The summed E-state index contributed by atoms with van der Waals surface area (Å²) in [6, 6.07) is 0. The zero-order chi connectivity index (χ0) is 38.5. The first kappa shape index (κ1) is 48.6. The Morgan fingerprint density at radius 1 is 0.585 bits per heavy atom. The van der Waals surface area contributed by atoms with E-state index >= 15 is 0 Å². The zero-order valence-electron chi connectivity index (χ0n) is 34.4. The number of hydrogen-bond donors (Lipinski definition) is 1. The lowest BCUT2D eigenvalue weighted by atomic mass is 10.0. The van der Waals surface area contributed by atoms with Crippen molar-refractivity contribution in [2.75, 3.05) is 13.2 Å². The maximum Gasteiger partial charge on any atom is 0.306 e. The van der Waals surface area contributed by atoms with Crippen LogP contribution in [0.3, 0.4) is 0 Å². The van der Waals surface area contributed by atoms with Gasteiger partial charge in [-0.25, -0.2) is 0 Å². The van der Waals surface area contributed by atoms with Crippen LogP contribution in [0.4, 0.5) is 0 Å². The largest absolute Gasteiger partial charge is 0.462 e. The van der Waals surface area contributed by atoms with E-state index in [0.717, 1.165) is 63.7 Å². The first-order valence-electron chi connectivity index (χ1n) is 21.8. The Labute approximate surface area is 326 Å². The lowest BCUT2D eigenvalue weighted by Gasteiger charge is -2.15. The second-order valence-corrected chi connectivity index (χ2v) is 15.3. The highest BCUT2D eigenvalue weighted by atomic mass is 16.6. The van der Waals surface area contributed by atoms with Crippen molar-refractivity contribution in [1.29, 1.82) is 0 Å². The summed E-state index contributed by atoms with van der Waals surface area (Å²) in [5, 5.41) is 9.57. The molecule has 0 aromatic carbocycles. The van der Waals surface area contributed by atoms with Crippen LogP contribution in [-0.2, 0) is 23.8 Å². The lowest BCUT2D eigenvalue weighted by molar-refractivity contribution is -0.161. The van der Waals surface area contributed by atoms with Crippen molar-refractivity contribution in [3.8, 4) is 0 Å². The average molecular weight is 741 g/mol. The van der Waals surface area contributed by atoms with Crippen LogP contribution in [0.5, 0.6) is 0 Å². The van der Waals surface area contributed by atoms with Crippen molar-refractivity contribution in [3.05, 3.63) is 60.8 Å². The fourth-order valence-electron chi connectivity index (χ4n) is 6.28. The average Bonchev–Trinajstić information content (AvgIpc) is 3.90. The first-order valence-corrected chi connectivity index (χ1v) is 21.8. The van der Waals surface area contributed by atoms with E-state index in [1.54, 1.807) is 0 Å². The van der Waals surface area contributed by atoms with E-state index in [4.69, 9.17) is 14.2 Å². The standard InChI is InChI=1S/C47H80O6/c1-4-5-30-36-44-45(53-44)37-32-27-23-19-15-12-13-17-21-25-29-34-39-47(50)52-43(40-48)41-51-46(49)38-33-28-24-20-16-11-9-7-6-8-10-14-18-22-26-31-35-42(2)3/h5,13,15,17,19,25,27,29-30,32,42-45,48H,4,6-12,14,16,18,20-24,26,28,31,33-41H2,1-3H3/b17-13-,19-15-,29-25-,30-5-,32-27-/t43-,44?,45?/m0/s1. The Morgan fingerprint density at radius 3 is 1.53 bits per heavy atom. The number of carbonyl (C=O) groups is 2. The van der Waals surface area contributed by atoms with Crippen LogP contribution in [0.2, 0.25) is 0 Å². The van der Waals surface area contributed by atoms with Gasteiger partial charge in [0.15, 0.2) is 6.10 Å². The molecule has 0 saturated carbocycles. The molecular formula is C47H80O6. The number of ether oxygens (including phenoxy) is 3. The highest BCUT2D eigenvalue weighted by Gasteiger charge is 2.35. The quantitative estimate of drug-likeness (QED) is 0.0295. The van der Waals surface area contributed by atoms with Crippen LogP contribution in [0, 0.1) is 5.92 Å². The predicted octanol–water partition coefficient (Wildman–Crippen LogP) is 12.8. The molecule has 6 heteroatoms. The van der Waals surface area contributed by atoms with E-state index in [1.165, 1.54) is 89.9 Å². The van der Waals surface area contributed by atoms with Gasteiger partial charge in [-0.05, 0) is 57.3 Å². The number of rotatable bonds is 37. The molecule has 1 heterocycles. The number of carbonyl (C=O) groups excluding carboxylic acids is 2. The summed E-state index contributed by atoms with van der Waals surface area (Å²) in [5.74, 6) is 0.162. The van der Waals surface area contributed by atoms with Gasteiger partial charge in [-0.3, -0.25) is 9.59 Å². The predicted molar refractivity (Wildman–Crippen MR) is 223 cm³/mol. The van der Waals surface area contributed by atoms with Gasteiger partial charge < -0.3 is 19.3 Å². The van der Waals surface area contributed by atoms with Crippen LogP contribution in [0.15, 0.2) is 60.8 Å². The summed E-state index contributed by atoms with van der Waals surface area (Å²) in [6.07, 6.45) is 50.5. The minimum Gasteiger partial charge on any atom is -0.462 e. The normalized spacial score (nSPS) is 16.7. The van der Waals surface area contributed by atoms with Gasteiger partial charge in [-0.15, -0.1) is 0 Å². The molecule has 53 heavy (non-hydrogen) atoms. The molecule has 0 bridgehead atoms. The zero-order valence-corrected chi connectivity index (χ0v) is 34.4. The SMILES string of the molecule is CC/C=C\CC1OC1C/C=C\C/C=C\C/C=C\C/C=C\CCC(=O)O[C@@H](CO)COC(=O)CCCCCCCCCCCCCCCCCCC(C)C. The molecule has 1 aliphatic rings. The number of aliphatic hydroxyl groups is 1. The minimum atomic E-state index is -0.816. The van der Waals surface area contributed by atoms with Crippen LogP contribution in [0.1, 0.15) is 188 Å². The molecule has 304 valence electrons. The monoisotopic (exact) mass is 741 g/mol.